The number of para-hydroxylation sites is 1. The van der Waals surface area contributed by atoms with Gasteiger partial charge in [-0.1, -0.05) is 38.3 Å². The molecule has 21 heavy (non-hydrogen) atoms. The Balaban J connectivity index is 2.44. The summed E-state index contributed by atoms with van der Waals surface area (Å²) in [5.74, 6) is 0.147. The molecule has 6 heteroatoms. The van der Waals surface area contributed by atoms with Crippen LogP contribution in [-0.4, -0.2) is 18.5 Å². The molecule has 1 aromatic carbocycles. The normalized spacial score (nSPS) is 11.3. The Morgan fingerprint density at radius 1 is 1.33 bits per heavy atom. The van der Waals surface area contributed by atoms with E-state index in [4.69, 9.17) is 5.73 Å². The maximum Gasteiger partial charge on any atom is 0.326 e. The number of benzene rings is 1. The smallest absolute Gasteiger partial charge is 0.326 e. The van der Waals surface area contributed by atoms with Gasteiger partial charge < -0.3 is 11.1 Å². The Bertz CT molecular complexity index is 482. The molecule has 0 radical (unpaired) electrons. The van der Waals surface area contributed by atoms with Gasteiger partial charge in [0, 0.05) is 11.0 Å². The number of anilines is 1. The molecule has 116 valence electrons. The highest BCUT2D eigenvalue weighted by atomic mass is 79.9. The molecule has 0 aliphatic rings. The number of aliphatic imine (C=N–C) groups is 1. The van der Waals surface area contributed by atoms with Gasteiger partial charge in [0.1, 0.15) is 0 Å². The standard InChI is InChI=1S/C15H23BrN4O/c1-3-4-5-6-10-18-14(17)20-15(21)19-13-11(2)8-7-9-12(13)16/h7-9H,3-6,10H2,1-2H3,(H4,17,18,19,20,21). The summed E-state index contributed by atoms with van der Waals surface area (Å²) in [7, 11) is 0. The number of aryl methyl sites for hydroxylation is 1. The molecule has 0 heterocycles. The molecule has 2 amide bonds. The highest BCUT2D eigenvalue weighted by Gasteiger charge is 2.08. The van der Waals surface area contributed by atoms with Crippen molar-refractivity contribution >= 4 is 33.6 Å². The van der Waals surface area contributed by atoms with Crippen molar-refractivity contribution in [2.45, 2.75) is 39.5 Å². The highest BCUT2D eigenvalue weighted by Crippen LogP contribution is 2.25. The lowest BCUT2D eigenvalue weighted by atomic mass is 10.2. The molecule has 0 fully saturated rings. The molecule has 0 unspecified atom stereocenters. The molecule has 1 rings (SSSR count). The summed E-state index contributed by atoms with van der Waals surface area (Å²) in [5, 5.41) is 5.29. The van der Waals surface area contributed by atoms with Crippen LogP contribution in [0.1, 0.15) is 38.2 Å². The fourth-order valence-electron chi connectivity index (χ4n) is 1.83. The first kappa shape index (κ1) is 17.5. The molecular weight excluding hydrogens is 332 g/mol. The number of nitrogens with zero attached hydrogens (tertiary/aromatic N) is 1. The van der Waals surface area contributed by atoms with E-state index in [2.05, 4.69) is 38.5 Å². The maximum atomic E-state index is 11.9. The molecular formula is C15H23BrN4O. The summed E-state index contributed by atoms with van der Waals surface area (Å²) in [4.78, 5) is 16.0. The number of halogens is 1. The zero-order valence-corrected chi connectivity index (χ0v) is 14.2. The van der Waals surface area contributed by atoms with Crippen molar-refractivity contribution in [2.75, 3.05) is 11.9 Å². The van der Waals surface area contributed by atoms with Crippen molar-refractivity contribution in [3.63, 3.8) is 0 Å². The Morgan fingerprint density at radius 3 is 2.76 bits per heavy atom. The monoisotopic (exact) mass is 354 g/mol. The summed E-state index contributed by atoms with van der Waals surface area (Å²) in [6.07, 6.45) is 4.51. The summed E-state index contributed by atoms with van der Waals surface area (Å²) < 4.78 is 0.827. The lowest BCUT2D eigenvalue weighted by molar-refractivity contribution is 0.256. The summed E-state index contributed by atoms with van der Waals surface area (Å²) in [6, 6.07) is 5.31. The lowest BCUT2D eigenvalue weighted by Gasteiger charge is -2.11. The van der Waals surface area contributed by atoms with Gasteiger partial charge in [-0.05, 0) is 40.9 Å². The molecule has 0 aliphatic carbocycles. The zero-order valence-electron chi connectivity index (χ0n) is 12.6. The fourth-order valence-corrected chi connectivity index (χ4v) is 2.39. The van der Waals surface area contributed by atoms with E-state index >= 15 is 0 Å². The molecule has 4 N–H and O–H groups in total. The number of rotatable bonds is 6. The van der Waals surface area contributed by atoms with Crippen LogP contribution in [0.4, 0.5) is 10.5 Å². The van der Waals surface area contributed by atoms with E-state index in [9.17, 15) is 4.79 Å². The number of carbonyl (C=O) groups excluding carboxylic acids is 1. The third-order valence-corrected chi connectivity index (χ3v) is 3.66. The molecule has 5 nitrogen and oxygen atoms in total. The molecule has 0 bridgehead atoms. The predicted molar refractivity (Wildman–Crippen MR) is 91.7 cm³/mol. The second-order valence-corrected chi connectivity index (χ2v) is 5.69. The van der Waals surface area contributed by atoms with E-state index in [-0.39, 0.29) is 12.0 Å². The van der Waals surface area contributed by atoms with Gasteiger partial charge in [0.05, 0.1) is 5.69 Å². The minimum absolute atomic E-state index is 0.147. The number of nitrogens with one attached hydrogen (secondary N) is 2. The van der Waals surface area contributed by atoms with Crippen molar-refractivity contribution < 1.29 is 4.79 Å². The van der Waals surface area contributed by atoms with E-state index in [1.807, 2.05) is 25.1 Å². The molecule has 0 aromatic heterocycles. The first-order valence-electron chi connectivity index (χ1n) is 7.17. The summed E-state index contributed by atoms with van der Waals surface area (Å²) >= 11 is 3.40. The van der Waals surface area contributed by atoms with Crippen LogP contribution >= 0.6 is 15.9 Å². The molecule has 0 saturated heterocycles. The third-order valence-electron chi connectivity index (χ3n) is 3.00. The van der Waals surface area contributed by atoms with Crippen molar-refractivity contribution in [1.82, 2.24) is 5.32 Å². The number of hydrogen-bond donors (Lipinski definition) is 3. The number of urea groups is 1. The van der Waals surface area contributed by atoms with Crippen molar-refractivity contribution in [3.8, 4) is 0 Å². The number of nitrogens with two attached hydrogens (primary N) is 1. The third kappa shape index (κ3) is 6.62. The van der Waals surface area contributed by atoms with Crippen LogP contribution in [0, 0.1) is 6.92 Å². The molecule has 0 saturated carbocycles. The van der Waals surface area contributed by atoms with Crippen LogP contribution in [0.3, 0.4) is 0 Å². The van der Waals surface area contributed by atoms with Gasteiger partial charge in [-0.3, -0.25) is 10.3 Å². The first-order chi connectivity index (χ1) is 10.0. The highest BCUT2D eigenvalue weighted by molar-refractivity contribution is 9.10. The number of unbranched alkanes of at least 4 members (excludes halogenated alkanes) is 3. The van der Waals surface area contributed by atoms with Crippen LogP contribution in [-0.2, 0) is 0 Å². The first-order valence-corrected chi connectivity index (χ1v) is 7.97. The Hall–Kier alpha value is -1.56. The molecule has 0 atom stereocenters. The lowest BCUT2D eigenvalue weighted by Crippen LogP contribution is -2.39. The van der Waals surface area contributed by atoms with Gasteiger partial charge in [-0.2, -0.15) is 0 Å². The van der Waals surface area contributed by atoms with Crippen LogP contribution in [0.5, 0.6) is 0 Å². The minimum Gasteiger partial charge on any atom is -0.370 e. The summed E-state index contributed by atoms with van der Waals surface area (Å²) in [6.45, 7) is 4.72. The maximum absolute atomic E-state index is 11.9. The predicted octanol–water partition coefficient (Wildman–Crippen LogP) is 3.77. The van der Waals surface area contributed by atoms with Crippen molar-refractivity contribution in [1.29, 1.82) is 0 Å². The number of hydrogen-bond acceptors (Lipinski definition) is 2. The van der Waals surface area contributed by atoms with Gasteiger partial charge in [-0.25, -0.2) is 4.79 Å². The fraction of sp³-hybridized carbons (Fsp3) is 0.467. The van der Waals surface area contributed by atoms with E-state index in [0.29, 0.717) is 6.54 Å². The van der Waals surface area contributed by atoms with E-state index in [0.717, 1.165) is 28.6 Å². The Morgan fingerprint density at radius 2 is 2.10 bits per heavy atom. The largest absolute Gasteiger partial charge is 0.370 e. The summed E-state index contributed by atoms with van der Waals surface area (Å²) in [5.41, 5.74) is 7.38. The van der Waals surface area contributed by atoms with Gasteiger partial charge in [0.2, 0.25) is 0 Å². The SMILES string of the molecule is CCCCCCN=C(N)NC(=O)Nc1c(C)cccc1Br. The molecule has 0 aliphatic heterocycles. The average Bonchev–Trinajstić information content (AvgIpc) is 2.43. The van der Waals surface area contributed by atoms with Crippen LogP contribution in [0.15, 0.2) is 27.7 Å². The molecule has 1 aromatic rings. The topological polar surface area (TPSA) is 79.5 Å². The number of guanidine groups is 1. The van der Waals surface area contributed by atoms with Crippen molar-refractivity contribution in [3.05, 3.63) is 28.2 Å². The van der Waals surface area contributed by atoms with Gasteiger partial charge in [0.25, 0.3) is 0 Å². The van der Waals surface area contributed by atoms with Crippen LogP contribution in [0.2, 0.25) is 0 Å². The Kier molecular flexibility index (Phi) is 7.82. The van der Waals surface area contributed by atoms with Crippen LogP contribution in [0.25, 0.3) is 0 Å². The quantitative estimate of drug-likeness (QED) is 0.413. The number of amides is 2. The second-order valence-electron chi connectivity index (χ2n) is 4.84. The zero-order chi connectivity index (χ0) is 15.7. The van der Waals surface area contributed by atoms with E-state index in [1.54, 1.807) is 0 Å². The van der Waals surface area contributed by atoms with E-state index < -0.39 is 0 Å². The van der Waals surface area contributed by atoms with Gasteiger partial charge in [-0.15, -0.1) is 0 Å². The van der Waals surface area contributed by atoms with Crippen LogP contribution < -0.4 is 16.4 Å². The Labute approximate surface area is 134 Å². The van der Waals surface area contributed by atoms with Crippen molar-refractivity contribution in [2.24, 2.45) is 10.7 Å². The second kappa shape index (κ2) is 9.39. The average molecular weight is 355 g/mol. The van der Waals surface area contributed by atoms with Gasteiger partial charge in [0.15, 0.2) is 5.96 Å². The number of carbonyl (C=O) groups is 1. The van der Waals surface area contributed by atoms with E-state index in [1.165, 1.54) is 12.8 Å². The minimum atomic E-state index is -0.389. The molecule has 0 spiro atoms. The van der Waals surface area contributed by atoms with Gasteiger partial charge >= 0.3 is 6.03 Å².